The van der Waals surface area contributed by atoms with E-state index in [0.717, 1.165) is 22.4 Å². The summed E-state index contributed by atoms with van der Waals surface area (Å²) >= 11 is 3.52. The van der Waals surface area contributed by atoms with Crippen molar-refractivity contribution in [3.05, 3.63) is 40.1 Å². The Kier molecular flexibility index (Phi) is 3.81. The molecule has 0 spiro atoms. The molecule has 94 valence electrons. The van der Waals surface area contributed by atoms with Crippen molar-refractivity contribution >= 4 is 33.3 Å². The number of anilines is 3. The molecule has 1 aromatic carbocycles. The Morgan fingerprint density at radius 1 is 1.28 bits per heavy atom. The zero-order valence-electron chi connectivity index (χ0n) is 10.4. The van der Waals surface area contributed by atoms with Gasteiger partial charge in [0.15, 0.2) is 0 Å². The van der Waals surface area contributed by atoms with E-state index in [9.17, 15) is 0 Å². The standard InChI is InChI=1S/C13H15BrN4/c1-3-12-17-11(15)7-13(18-12)16-10-5-4-8(2)6-9(10)14/h4-7H,3H2,1-2H3,(H3,15,16,17,18). The number of nitrogens with one attached hydrogen (secondary N) is 1. The van der Waals surface area contributed by atoms with Crippen molar-refractivity contribution in [3.63, 3.8) is 0 Å². The zero-order chi connectivity index (χ0) is 13.1. The molecule has 3 N–H and O–H groups in total. The molecule has 0 fully saturated rings. The fourth-order valence-corrected chi connectivity index (χ4v) is 2.19. The first-order chi connectivity index (χ1) is 8.58. The van der Waals surface area contributed by atoms with E-state index < -0.39 is 0 Å². The van der Waals surface area contributed by atoms with Gasteiger partial charge >= 0.3 is 0 Å². The lowest BCUT2D eigenvalue weighted by molar-refractivity contribution is 0.948. The number of nitrogen functional groups attached to an aromatic ring is 1. The SMILES string of the molecule is CCc1nc(N)cc(Nc2ccc(C)cc2Br)n1. The van der Waals surface area contributed by atoms with Gasteiger partial charge in [0, 0.05) is 17.0 Å². The molecular weight excluding hydrogens is 292 g/mol. The van der Waals surface area contributed by atoms with Crippen molar-refractivity contribution < 1.29 is 0 Å². The second-order valence-electron chi connectivity index (χ2n) is 4.06. The van der Waals surface area contributed by atoms with Crippen molar-refractivity contribution in [2.45, 2.75) is 20.3 Å². The molecule has 2 aromatic rings. The largest absolute Gasteiger partial charge is 0.384 e. The third-order valence-electron chi connectivity index (χ3n) is 2.50. The predicted molar refractivity (Wildman–Crippen MR) is 78.0 cm³/mol. The van der Waals surface area contributed by atoms with Crippen molar-refractivity contribution in [2.75, 3.05) is 11.1 Å². The molecule has 0 atom stereocenters. The number of hydrogen-bond acceptors (Lipinski definition) is 4. The highest BCUT2D eigenvalue weighted by Crippen LogP contribution is 2.26. The molecule has 0 unspecified atom stereocenters. The summed E-state index contributed by atoms with van der Waals surface area (Å²) in [4.78, 5) is 8.53. The second-order valence-corrected chi connectivity index (χ2v) is 4.91. The molecule has 1 heterocycles. The number of hydrogen-bond donors (Lipinski definition) is 2. The second kappa shape index (κ2) is 5.35. The maximum atomic E-state index is 5.75. The summed E-state index contributed by atoms with van der Waals surface area (Å²) in [7, 11) is 0. The molecule has 0 amide bonds. The molecule has 0 aliphatic carbocycles. The van der Waals surface area contributed by atoms with Crippen LogP contribution in [0.5, 0.6) is 0 Å². The van der Waals surface area contributed by atoms with Crippen LogP contribution in [0.4, 0.5) is 17.3 Å². The fourth-order valence-electron chi connectivity index (χ4n) is 1.60. The van der Waals surface area contributed by atoms with E-state index in [1.165, 1.54) is 5.56 Å². The van der Waals surface area contributed by atoms with Gasteiger partial charge in [-0.15, -0.1) is 0 Å². The Bertz CT molecular complexity index is 569. The number of aryl methyl sites for hydroxylation is 2. The maximum Gasteiger partial charge on any atom is 0.136 e. The Morgan fingerprint density at radius 2 is 2.06 bits per heavy atom. The van der Waals surface area contributed by atoms with E-state index in [2.05, 4.69) is 31.2 Å². The minimum atomic E-state index is 0.479. The molecule has 0 saturated carbocycles. The molecule has 2 rings (SSSR count). The maximum absolute atomic E-state index is 5.75. The van der Waals surface area contributed by atoms with Crippen molar-refractivity contribution in [1.82, 2.24) is 9.97 Å². The lowest BCUT2D eigenvalue weighted by Crippen LogP contribution is -2.03. The van der Waals surface area contributed by atoms with Crippen LogP contribution in [0.15, 0.2) is 28.7 Å². The van der Waals surface area contributed by atoms with Crippen LogP contribution in [0.3, 0.4) is 0 Å². The molecule has 1 aromatic heterocycles. The average Bonchev–Trinajstić information content (AvgIpc) is 2.32. The minimum absolute atomic E-state index is 0.479. The summed E-state index contributed by atoms with van der Waals surface area (Å²) in [6, 6.07) is 7.82. The van der Waals surface area contributed by atoms with Gasteiger partial charge in [-0.25, -0.2) is 9.97 Å². The number of nitrogens with two attached hydrogens (primary N) is 1. The predicted octanol–water partition coefficient (Wildman–Crippen LogP) is 3.44. The van der Waals surface area contributed by atoms with Gasteiger partial charge in [-0.2, -0.15) is 0 Å². The van der Waals surface area contributed by atoms with Crippen LogP contribution in [0.1, 0.15) is 18.3 Å². The van der Waals surface area contributed by atoms with E-state index in [1.807, 2.05) is 32.0 Å². The number of nitrogens with zero attached hydrogens (tertiary/aromatic N) is 2. The van der Waals surface area contributed by atoms with Crippen LogP contribution in [-0.2, 0) is 6.42 Å². The highest BCUT2D eigenvalue weighted by Gasteiger charge is 2.04. The molecule has 4 nitrogen and oxygen atoms in total. The number of aromatic nitrogens is 2. The monoisotopic (exact) mass is 306 g/mol. The van der Waals surface area contributed by atoms with Crippen molar-refractivity contribution in [2.24, 2.45) is 0 Å². The zero-order valence-corrected chi connectivity index (χ0v) is 12.0. The summed E-state index contributed by atoms with van der Waals surface area (Å²) in [6.07, 6.45) is 0.759. The number of benzene rings is 1. The Hall–Kier alpha value is -1.62. The molecule has 0 aliphatic heterocycles. The Labute approximate surface area is 115 Å². The minimum Gasteiger partial charge on any atom is -0.384 e. The first-order valence-electron chi connectivity index (χ1n) is 5.75. The topological polar surface area (TPSA) is 63.8 Å². The fraction of sp³-hybridized carbons (Fsp3) is 0.231. The summed E-state index contributed by atoms with van der Waals surface area (Å²) in [6.45, 7) is 4.05. The van der Waals surface area contributed by atoms with Crippen LogP contribution in [-0.4, -0.2) is 9.97 Å². The first-order valence-corrected chi connectivity index (χ1v) is 6.54. The van der Waals surface area contributed by atoms with Crippen molar-refractivity contribution in [1.29, 1.82) is 0 Å². The Morgan fingerprint density at radius 3 is 2.72 bits per heavy atom. The van der Waals surface area contributed by atoms with E-state index >= 15 is 0 Å². The van der Waals surface area contributed by atoms with Crippen molar-refractivity contribution in [3.8, 4) is 0 Å². The van der Waals surface area contributed by atoms with E-state index in [0.29, 0.717) is 11.6 Å². The molecule has 0 bridgehead atoms. The van der Waals surface area contributed by atoms with E-state index in [1.54, 1.807) is 6.07 Å². The Balaban J connectivity index is 2.30. The smallest absolute Gasteiger partial charge is 0.136 e. The molecule has 0 radical (unpaired) electrons. The van der Waals surface area contributed by atoms with Gasteiger partial charge in [-0.05, 0) is 40.5 Å². The molecule has 0 aliphatic rings. The van der Waals surface area contributed by atoms with Crippen LogP contribution in [0.25, 0.3) is 0 Å². The highest BCUT2D eigenvalue weighted by atomic mass is 79.9. The number of halogens is 1. The van der Waals surface area contributed by atoms with Gasteiger partial charge in [0.25, 0.3) is 0 Å². The third kappa shape index (κ3) is 2.98. The summed E-state index contributed by atoms with van der Waals surface area (Å²) in [5.41, 5.74) is 7.91. The molecule has 18 heavy (non-hydrogen) atoms. The summed E-state index contributed by atoms with van der Waals surface area (Å²) in [5.74, 6) is 1.93. The van der Waals surface area contributed by atoms with Gasteiger partial charge in [0.2, 0.25) is 0 Å². The summed E-state index contributed by atoms with van der Waals surface area (Å²) < 4.78 is 0.998. The van der Waals surface area contributed by atoms with E-state index in [-0.39, 0.29) is 0 Å². The molecular formula is C13H15BrN4. The first kappa shape index (κ1) is 12.8. The lowest BCUT2D eigenvalue weighted by atomic mass is 10.2. The van der Waals surface area contributed by atoms with Crippen LogP contribution in [0.2, 0.25) is 0 Å². The molecule has 0 saturated heterocycles. The van der Waals surface area contributed by atoms with Gasteiger partial charge in [-0.1, -0.05) is 13.0 Å². The quantitative estimate of drug-likeness (QED) is 0.912. The van der Waals surface area contributed by atoms with E-state index in [4.69, 9.17) is 5.73 Å². The number of rotatable bonds is 3. The summed E-state index contributed by atoms with van der Waals surface area (Å²) in [5, 5.41) is 3.24. The van der Waals surface area contributed by atoms with Gasteiger partial charge in [0.05, 0.1) is 5.69 Å². The van der Waals surface area contributed by atoms with Gasteiger partial charge in [-0.3, -0.25) is 0 Å². The van der Waals surface area contributed by atoms with Crippen LogP contribution in [0, 0.1) is 6.92 Å². The van der Waals surface area contributed by atoms with Crippen LogP contribution < -0.4 is 11.1 Å². The highest BCUT2D eigenvalue weighted by molar-refractivity contribution is 9.10. The normalized spacial score (nSPS) is 10.4. The van der Waals surface area contributed by atoms with Gasteiger partial charge in [0.1, 0.15) is 17.5 Å². The lowest BCUT2D eigenvalue weighted by Gasteiger charge is -2.10. The third-order valence-corrected chi connectivity index (χ3v) is 3.15. The average molecular weight is 307 g/mol. The van der Waals surface area contributed by atoms with Crippen LogP contribution >= 0.6 is 15.9 Å². The van der Waals surface area contributed by atoms with Gasteiger partial charge < -0.3 is 11.1 Å². The molecule has 5 heteroatoms.